The summed E-state index contributed by atoms with van der Waals surface area (Å²) in [4.78, 5) is 31.6. The van der Waals surface area contributed by atoms with E-state index < -0.39 is 27.2 Å². The highest BCUT2D eigenvalue weighted by Crippen LogP contribution is 2.34. The van der Waals surface area contributed by atoms with Crippen LogP contribution in [0.1, 0.15) is 18.1 Å². The van der Waals surface area contributed by atoms with Crippen molar-refractivity contribution in [1.82, 2.24) is 0 Å². The van der Waals surface area contributed by atoms with Crippen molar-refractivity contribution in [3.8, 4) is 0 Å². The molecule has 0 saturated heterocycles. The van der Waals surface area contributed by atoms with Crippen LogP contribution in [0.5, 0.6) is 0 Å². The minimum Gasteiger partial charge on any atom is -0.478 e. The number of carbonyl (C=O) groups is 1. The molecule has 1 aromatic carbocycles. The maximum Gasteiger partial charge on any atom is 0.336 e. The van der Waals surface area contributed by atoms with E-state index in [0.717, 1.165) is 12.1 Å². The molecule has 110 valence electrons. The van der Waals surface area contributed by atoms with Crippen molar-refractivity contribution in [2.24, 2.45) is 0 Å². The summed E-state index contributed by atoms with van der Waals surface area (Å²) in [5.41, 5.74) is -1.34. The van der Waals surface area contributed by atoms with Crippen LogP contribution >= 0.6 is 0 Å². The van der Waals surface area contributed by atoms with Crippen LogP contribution in [0.3, 0.4) is 0 Å². The van der Waals surface area contributed by atoms with Gasteiger partial charge in [-0.2, -0.15) is 0 Å². The van der Waals surface area contributed by atoms with Gasteiger partial charge in [0.15, 0.2) is 0 Å². The summed E-state index contributed by atoms with van der Waals surface area (Å²) >= 11 is 0. The van der Waals surface area contributed by atoms with E-state index in [4.69, 9.17) is 5.11 Å². The van der Waals surface area contributed by atoms with Crippen LogP contribution in [0.4, 0.5) is 11.4 Å². The van der Waals surface area contributed by atoms with Gasteiger partial charge in [0.2, 0.25) is 0 Å². The molecule has 0 fully saturated rings. The molecule has 0 aliphatic carbocycles. The number of benzene rings is 1. The van der Waals surface area contributed by atoms with Crippen LogP contribution in [-0.2, 0) is 11.2 Å². The normalized spacial score (nSPS) is 11.0. The molecule has 21 heavy (non-hydrogen) atoms. The number of allylic oxidation sites excluding steroid dienone is 2. The zero-order valence-corrected chi connectivity index (χ0v) is 11.1. The van der Waals surface area contributed by atoms with Gasteiger partial charge < -0.3 is 5.11 Å². The Balaban J connectivity index is 3.80. The smallest absolute Gasteiger partial charge is 0.336 e. The summed E-state index contributed by atoms with van der Waals surface area (Å²) in [5, 5.41) is 31.1. The number of hydrogen-bond acceptors (Lipinski definition) is 5. The maximum absolute atomic E-state index is 11.2. The van der Waals surface area contributed by atoms with Crippen LogP contribution in [0.2, 0.25) is 0 Å². The third kappa shape index (κ3) is 3.30. The van der Waals surface area contributed by atoms with Crippen molar-refractivity contribution in [1.29, 1.82) is 0 Å². The first-order valence-corrected chi connectivity index (χ1v) is 5.80. The second-order valence-electron chi connectivity index (χ2n) is 4.01. The lowest BCUT2D eigenvalue weighted by Gasteiger charge is -2.09. The predicted octanol–water partition coefficient (Wildman–Crippen LogP) is 2.72. The highest BCUT2D eigenvalue weighted by Gasteiger charge is 2.28. The first-order chi connectivity index (χ1) is 9.83. The average Bonchev–Trinajstić information content (AvgIpc) is 2.40. The van der Waals surface area contributed by atoms with Crippen molar-refractivity contribution >= 4 is 22.9 Å². The third-order valence-corrected chi connectivity index (χ3v) is 2.74. The average molecular weight is 292 g/mol. The molecule has 0 aliphatic rings. The van der Waals surface area contributed by atoms with Gasteiger partial charge in [-0.05, 0) is 18.9 Å². The van der Waals surface area contributed by atoms with Crippen LogP contribution in [0, 0.1) is 20.2 Å². The molecule has 0 amide bonds. The number of nitrogens with zero attached hydrogens (tertiary/aromatic N) is 2. The minimum absolute atomic E-state index is 0.0719. The Labute approximate surface area is 119 Å². The molecule has 1 rings (SSSR count). The summed E-state index contributed by atoms with van der Waals surface area (Å²) in [7, 11) is 0. The third-order valence-electron chi connectivity index (χ3n) is 2.74. The molecule has 0 heterocycles. The van der Waals surface area contributed by atoms with Crippen LogP contribution in [-0.4, -0.2) is 20.9 Å². The van der Waals surface area contributed by atoms with E-state index >= 15 is 0 Å². The number of carboxylic acids is 1. The van der Waals surface area contributed by atoms with E-state index in [0.29, 0.717) is 0 Å². The maximum atomic E-state index is 11.2. The summed E-state index contributed by atoms with van der Waals surface area (Å²) in [6.07, 6.45) is 2.67. The lowest BCUT2D eigenvalue weighted by molar-refractivity contribution is -0.394. The molecule has 8 heteroatoms. The lowest BCUT2D eigenvalue weighted by atomic mass is 9.94. The second-order valence-corrected chi connectivity index (χ2v) is 4.01. The lowest BCUT2D eigenvalue weighted by Crippen LogP contribution is -2.07. The standard InChI is InChI=1S/C13H12N2O6/c1-3-5-8-6-9(14(18)19)7-11(15(20)21)12(8)10(4-2)13(16)17/h3-4,6-7H,1,5H2,2H3,(H,16,17)/b10-4+. The van der Waals surface area contributed by atoms with Gasteiger partial charge in [-0.15, -0.1) is 6.58 Å². The van der Waals surface area contributed by atoms with E-state index in [1.165, 1.54) is 19.1 Å². The monoisotopic (exact) mass is 292 g/mol. The first kappa shape index (κ1) is 16.0. The molecular formula is C13H12N2O6. The zero-order valence-electron chi connectivity index (χ0n) is 11.1. The van der Waals surface area contributed by atoms with Gasteiger partial charge in [-0.1, -0.05) is 12.2 Å². The fourth-order valence-electron chi connectivity index (χ4n) is 1.92. The molecule has 0 atom stereocenters. The Morgan fingerprint density at radius 3 is 2.33 bits per heavy atom. The van der Waals surface area contributed by atoms with Crippen molar-refractivity contribution in [2.45, 2.75) is 13.3 Å². The fraction of sp³-hybridized carbons (Fsp3) is 0.154. The first-order valence-electron chi connectivity index (χ1n) is 5.80. The molecular weight excluding hydrogens is 280 g/mol. The molecule has 1 aromatic rings. The van der Waals surface area contributed by atoms with Crippen molar-refractivity contribution < 1.29 is 19.7 Å². The van der Waals surface area contributed by atoms with E-state index in [2.05, 4.69) is 6.58 Å². The fourth-order valence-corrected chi connectivity index (χ4v) is 1.92. The zero-order chi connectivity index (χ0) is 16.2. The molecule has 8 nitrogen and oxygen atoms in total. The number of non-ortho nitro benzene ring substituents is 1. The largest absolute Gasteiger partial charge is 0.478 e. The number of nitro benzene ring substituents is 2. The molecule has 0 spiro atoms. The van der Waals surface area contributed by atoms with E-state index in [1.807, 2.05) is 0 Å². The Kier molecular flexibility index (Phi) is 4.90. The minimum atomic E-state index is -1.35. The second kappa shape index (κ2) is 6.42. The topological polar surface area (TPSA) is 124 Å². The number of carboxylic acid groups (broad SMARTS) is 1. The summed E-state index contributed by atoms with van der Waals surface area (Å²) in [6.45, 7) is 4.89. The molecule has 0 unspecified atom stereocenters. The van der Waals surface area contributed by atoms with Crippen LogP contribution in [0.15, 0.2) is 30.9 Å². The Morgan fingerprint density at radius 2 is 1.95 bits per heavy atom. The predicted molar refractivity (Wildman–Crippen MR) is 74.9 cm³/mol. The van der Waals surface area contributed by atoms with Gasteiger partial charge in [0.1, 0.15) is 0 Å². The van der Waals surface area contributed by atoms with Gasteiger partial charge in [0.25, 0.3) is 11.4 Å². The van der Waals surface area contributed by atoms with E-state index in [-0.39, 0.29) is 23.1 Å². The number of aliphatic carboxylic acids is 1. The quantitative estimate of drug-likeness (QED) is 0.372. The Hall–Kier alpha value is -3.03. The summed E-state index contributed by atoms with van der Waals surface area (Å²) < 4.78 is 0. The van der Waals surface area contributed by atoms with Crippen molar-refractivity contribution in [3.63, 3.8) is 0 Å². The highest BCUT2D eigenvalue weighted by atomic mass is 16.6. The number of nitro groups is 2. The molecule has 0 radical (unpaired) electrons. The van der Waals surface area contributed by atoms with Gasteiger partial charge in [-0.25, -0.2) is 4.79 Å². The van der Waals surface area contributed by atoms with E-state index in [9.17, 15) is 25.0 Å². The molecule has 1 N–H and O–H groups in total. The van der Waals surface area contributed by atoms with Crippen LogP contribution in [0.25, 0.3) is 5.57 Å². The molecule has 0 bridgehead atoms. The van der Waals surface area contributed by atoms with Gasteiger partial charge in [0, 0.05) is 6.07 Å². The summed E-state index contributed by atoms with van der Waals surface area (Å²) in [5.74, 6) is -1.35. The number of hydrogen-bond donors (Lipinski definition) is 1. The molecule has 0 aromatic heterocycles. The van der Waals surface area contributed by atoms with Crippen molar-refractivity contribution in [3.05, 3.63) is 62.2 Å². The Morgan fingerprint density at radius 1 is 1.33 bits per heavy atom. The van der Waals surface area contributed by atoms with E-state index in [1.54, 1.807) is 0 Å². The molecule has 0 saturated carbocycles. The van der Waals surface area contributed by atoms with Crippen LogP contribution < -0.4 is 0 Å². The van der Waals surface area contributed by atoms with Crippen molar-refractivity contribution in [2.75, 3.05) is 0 Å². The van der Waals surface area contributed by atoms with Gasteiger partial charge in [-0.3, -0.25) is 20.2 Å². The SMILES string of the molecule is C=CCc1cc([N+](=O)[O-])cc([N+](=O)[O-])c1/C(=C\C)C(=O)O. The Bertz CT molecular complexity index is 663. The summed E-state index contributed by atoms with van der Waals surface area (Å²) in [6, 6.07) is 1.88. The highest BCUT2D eigenvalue weighted by molar-refractivity contribution is 6.17. The van der Waals surface area contributed by atoms with Gasteiger partial charge >= 0.3 is 5.97 Å². The number of rotatable bonds is 6. The van der Waals surface area contributed by atoms with Gasteiger partial charge in [0.05, 0.1) is 27.0 Å². The molecule has 0 aliphatic heterocycles.